The molecule has 34 heavy (non-hydrogen) atoms. The molecule has 5 heterocycles. The van der Waals surface area contributed by atoms with Crippen molar-refractivity contribution < 1.29 is 4.79 Å². The van der Waals surface area contributed by atoms with Gasteiger partial charge in [0.15, 0.2) is 11.5 Å². The maximum atomic E-state index is 13.4. The monoisotopic (exact) mass is 471 g/mol. The van der Waals surface area contributed by atoms with Crippen LogP contribution < -0.4 is 5.32 Å². The smallest absolute Gasteiger partial charge is 0.257 e. The molecule has 0 aliphatic rings. The Balaban J connectivity index is 1.50. The molecule has 5 rings (SSSR count). The zero-order valence-electron chi connectivity index (χ0n) is 19.5. The second-order valence-electron chi connectivity index (χ2n) is 8.52. The van der Waals surface area contributed by atoms with Crippen molar-refractivity contribution in [2.75, 3.05) is 5.32 Å². The number of carbonyl (C=O) groups is 1. The third kappa shape index (κ3) is 4.22. The van der Waals surface area contributed by atoms with Crippen molar-refractivity contribution in [2.45, 2.75) is 40.3 Å². The fraction of sp³-hybridized carbons (Fsp3) is 0.240. The zero-order chi connectivity index (χ0) is 23.8. The molecule has 0 aliphatic heterocycles. The highest BCUT2D eigenvalue weighted by atomic mass is 32.1. The molecule has 0 aromatic carbocycles. The standard InChI is InChI=1S/C25H25N7OS/c1-15(2)32-24-21(13-27-32)20(11-22(28-24)19-10-16(3)34-17(19)4)25(33)29-23-7-9-31(30-23)14-18-6-5-8-26-12-18/h5-13,15H,14H2,1-4H3,(H,29,30,33). The lowest BCUT2D eigenvalue weighted by molar-refractivity contribution is 0.102. The Morgan fingerprint density at radius 3 is 2.74 bits per heavy atom. The maximum absolute atomic E-state index is 13.4. The van der Waals surface area contributed by atoms with E-state index in [1.54, 1.807) is 40.7 Å². The topological polar surface area (TPSA) is 90.5 Å². The SMILES string of the molecule is Cc1cc(-c2cc(C(=O)Nc3ccn(Cc4cccnc4)n3)c3cnn(C(C)C)c3n2)c(C)s1. The number of rotatable bonds is 6. The molecule has 0 saturated heterocycles. The quantitative estimate of drug-likeness (QED) is 0.365. The predicted molar refractivity (Wildman–Crippen MR) is 134 cm³/mol. The van der Waals surface area contributed by atoms with E-state index < -0.39 is 0 Å². The third-order valence-corrected chi connectivity index (χ3v) is 6.53. The van der Waals surface area contributed by atoms with Crippen molar-refractivity contribution in [3.63, 3.8) is 0 Å². The highest BCUT2D eigenvalue weighted by Crippen LogP contribution is 2.32. The number of carbonyl (C=O) groups excluding carboxylic acids is 1. The molecule has 9 heteroatoms. The van der Waals surface area contributed by atoms with Gasteiger partial charge >= 0.3 is 0 Å². The summed E-state index contributed by atoms with van der Waals surface area (Å²) in [5, 5.41) is 12.7. The number of anilines is 1. The molecule has 0 bridgehead atoms. The molecule has 172 valence electrons. The van der Waals surface area contributed by atoms with Crippen LogP contribution in [-0.4, -0.2) is 35.4 Å². The number of thiophene rings is 1. The lowest BCUT2D eigenvalue weighted by Crippen LogP contribution is -2.14. The Bertz CT molecular complexity index is 1480. The van der Waals surface area contributed by atoms with Gasteiger partial charge in [0, 0.05) is 46.0 Å². The number of amides is 1. The van der Waals surface area contributed by atoms with Crippen molar-refractivity contribution >= 4 is 34.1 Å². The van der Waals surface area contributed by atoms with Crippen LogP contribution in [0.4, 0.5) is 5.82 Å². The van der Waals surface area contributed by atoms with Crippen molar-refractivity contribution in [1.82, 2.24) is 29.5 Å². The van der Waals surface area contributed by atoms with Crippen molar-refractivity contribution in [2.24, 2.45) is 0 Å². The number of nitrogens with zero attached hydrogens (tertiary/aromatic N) is 6. The van der Waals surface area contributed by atoms with Crippen LogP contribution in [0.5, 0.6) is 0 Å². The molecule has 1 N–H and O–H groups in total. The molecule has 5 aromatic heterocycles. The molecule has 0 aliphatic carbocycles. The van der Waals surface area contributed by atoms with E-state index in [-0.39, 0.29) is 11.9 Å². The maximum Gasteiger partial charge on any atom is 0.257 e. The van der Waals surface area contributed by atoms with E-state index in [9.17, 15) is 4.79 Å². The summed E-state index contributed by atoms with van der Waals surface area (Å²) >= 11 is 1.72. The summed E-state index contributed by atoms with van der Waals surface area (Å²) in [6.45, 7) is 8.83. The van der Waals surface area contributed by atoms with Gasteiger partial charge in [0.05, 0.1) is 29.4 Å². The largest absolute Gasteiger partial charge is 0.305 e. The van der Waals surface area contributed by atoms with Gasteiger partial charge in [-0.3, -0.25) is 14.5 Å². The van der Waals surface area contributed by atoms with Crippen LogP contribution in [-0.2, 0) is 6.54 Å². The Morgan fingerprint density at radius 1 is 1.18 bits per heavy atom. The summed E-state index contributed by atoms with van der Waals surface area (Å²) in [6.07, 6.45) is 7.09. The molecule has 0 atom stereocenters. The number of nitrogens with one attached hydrogen (secondary N) is 1. The lowest BCUT2D eigenvalue weighted by atomic mass is 10.1. The molecule has 1 amide bonds. The number of hydrogen-bond acceptors (Lipinski definition) is 6. The normalized spacial score (nSPS) is 11.4. The van der Waals surface area contributed by atoms with Crippen LogP contribution in [0.2, 0.25) is 0 Å². The highest BCUT2D eigenvalue weighted by molar-refractivity contribution is 7.12. The minimum atomic E-state index is -0.242. The van der Waals surface area contributed by atoms with Crippen molar-refractivity contribution in [3.8, 4) is 11.3 Å². The molecule has 0 fully saturated rings. The van der Waals surface area contributed by atoms with Crippen LogP contribution in [0.25, 0.3) is 22.3 Å². The van der Waals surface area contributed by atoms with Gasteiger partial charge < -0.3 is 5.32 Å². The summed E-state index contributed by atoms with van der Waals surface area (Å²) in [4.78, 5) is 24.8. The van der Waals surface area contributed by atoms with Gasteiger partial charge in [0.1, 0.15) is 0 Å². The van der Waals surface area contributed by atoms with Crippen molar-refractivity contribution in [1.29, 1.82) is 0 Å². The van der Waals surface area contributed by atoms with Crippen LogP contribution in [0.3, 0.4) is 0 Å². The molecule has 0 saturated carbocycles. The van der Waals surface area contributed by atoms with Crippen LogP contribution in [0, 0.1) is 13.8 Å². The number of fused-ring (bicyclic) bond motifs is 1. The summed E-state index contributed by atoms with van der Waals surface area (Å²) in [5.41, 5.74) is 4.06. The van der Waals surface area contributed by atoms with E-state index in [4.69, 9.17) is 4.98 Å². The first-order chi connectivity index (χ1) is 16.4. The van der Waals surface area contributed by atoms with Gasteiger partial charge in [-0.15, -0.1) is 11.3 Å². The first kappa shape index (κ1) is 22.0. The van der Waals surface area contributed by atoms with E-state index in [0.717, 1.165) is 16.8 Å². The second-order valence-corrected chi connectivity index (χ2v) is 9.98. The number of pyridine rings is 2. The fourth-order valence-electron chi connectivity index (χ4n) is 3.99. The van der Waals surface area contributed by atoms with Gasteiger partial charge in [0.2, 0.25) is 0 Å². The second kappa shape index (κ2) is 8.83. The van der Waals surface area contributed by atoms with Gasteiger partial charge in [0.25, 0.3) is 5.91 Å². The highest BCUT2D eigenvalue weighted by Gasteiger charge is 2.20. The average molecular weight is 472 g/mol. The molecule has 0 unspecified atom stereocenters. The summed E-state index contributed by atoms with van der Waals surface area (Å²) in [5.74, 6) is 0.243. The van der Waals surface area contributed by atoms with E-state index in [1.165, 1.54) is 9.75 Å². The van der Waals surface area contributed by atoms with Crippen molar-refractivity contribution in [3.05, 3.63) is 76.0 Å². The predicted octanol–water partition coefficient (Wildman–Crippen LogP) is 5.25. The Morgan fingerprint density at radius 2 is 2.03 bits per heavy atom. The van der Waals surface area contributed by atoms with E-state index in [1.807, 2.05) is 29.1 Å². The molecule has 8 nitrogen and oxygen atoms in total. The Hall–Kier alpha value is -3.85. The minimum Gasteiger partial charge on any atom is -0.305 e. The average Bonchev–Trinajstić information content (AvgIpc) is 3.52. The Labute approximate surface area is 201 Å². The third-order valence-electron chi connectivity index (χ3n) is 5.57. The number of aryl methyl sites for hydroxylation is 2. The minimum absolute atomic E-state index is 0.115. The van der Waals surface area contributed by atoms with E-state index in [2.05, 4.69) is 54.3 Å². The summed E-state index contributed by atoms with van der Waals surface area (Å²) < 4.78 is 3.63. The zero-order valence-corrected chi connectivity index (χ0v) is 20.3. The van der Waals surface area contributed by atoms with Crippen LogP contribution >= 0.6 is 11.3 Å². The molecular weight excluding hydrogens is 446 g/mol. The van der Waals surface area contributed by atoms with E-state index >= 15 is 0 Å². The van der Waals surface area contributed by atoms with Gasteiger partial charge in [-0.2, -0.15) is 10.2 Å². The molecule has 0 radical (unpaired) electrons. The number of hydrogen-bond donors (Lipinski definition) is 1. The lowest BCUT2D eigenvalue weighted by Gasteiger charge is -2.10. The molecular formula is C25H25N7OS. The van der Waals surface area contributed by atoms with Crippen LogP contribution in [0.15, 0.2) is 55.1 Å². The summed E-state index contributed by atoms with van der Waals surface area (Å²) in [7, 11) is 0. The first-order valence-electron chi connectivity index (χ1n) is 11.1. The first-order valence-corrected chi connectivity index (χ1v) is 11.9. The fourth-order valence-corrected chi connectivity index (χ4v) is 4.92. The van der Waals surface area contributed by atoms with Crippen LogP contribution in [0.1, 0.15) is 45.6 Å². The number of aromatic nitrogens is 6. The Kier molecular flexibility index (Phi) is 5.70. The molecule has 5 aromatic rings. The van der Waals surface area contributed by atoms with Gasteiger partial charge in [-0.25, -0.2) is 9.67 Å². The molecule has 0 spiro atoms. The van der Waals surface area contributed by atoms with Gasteiger partial charge in [-0.1, -0.05) is 6.07 Å². The van der Waals surface area contributed by atoms with E-state index in [0.29, 0.717) is 29.0 Å². The van der Waals surface area contributed by atoms with Gasteiger partial charge in [-0.05, 0) is 51.5 Å². The summed E-state index contributed by atoms with van der Waals surface area (Å²) in [6, 6.07) is 9.75.